The average Bonchev–Trinajstić information content (AvgIpc) is 2.86. The zero-order valence-electron chi connectivity index (χ0n) is 12.7. The second-order valence-electron chi connectivity index (χ2n) is 5.83. The van der Waals surface area contributed by atoms with E-state index in [4.69, 9.17) is 4.74 Å². The number of benzene rings is 2. The van der Waals surface area contributed by atoms with Crippen molar-refractivity contribution < 1.29 is 9.84 Å². The second kappa shape index (κ2) is 5.53. The van der Waals surface area contributed by atoms with E-state index in [1.807, 2.05) is 12.1 Å². The molecule has 0 aliphatic heterocycles. The summed E-state index contributed by atoms with van der Waals surface area (Å²) in [6.07, 6.45) is 3.88. The van der Waals surface area contributed by atoms with Crippen LogP contribution in [0.1, 0.15) is 42.0 Å². The van der Waals surface area contributed by atoms with Crippen molar-refractivity contribution in [3.8, 4) is 5.75 Å². The van der Waals surface area contributed by atoms with E-state index >= 15 is 0 Å². The maximum absolute atomic E-state index is 11.2. The van der Waals surface area contributed by atoms with Crippen LogP contribution in [0.2, 0.25) is 0 Å². The van der Waals surface area contributed by atoms with Crippen LogP contribution in [-0.4, -0.2) is 12.2 Å². The number of aliphatic hydroxyl groups is 1. The maximum atomic E-state index is 11.2. The SMILES string of the molecule is CCCc1ccc(C2(O)CCc3ccc(OC)cc32)cc1. The van der Waals surface area contributed by atoms with Gasteiger partial charge in [0.15, 0.2) is 0 Å². The molecule has 1 atom stereocenters. The fourth-order valence-electron chi connectivity index (χ4n) is 3.27. The summed E-state index contributed by atoms with van der Waals surface area (Å²) in [5.74, 6) is 0.802. The molecule has 1 unspecified atom stereocenters. The molecule has 110 valence electrons. The van der Waals surface area contributed by atoms with Crippen LogP contribution in [0.25, 0.3) is 0 Å². The predicted octanol–water partition coefficient (Wildman–Crippen LogP) is 3.83. The third-order valence-corrected chi connectivity index (χ3v) is 4.49. The summed E-state index contributed by atoms with van der Waals surface area (Å²) in [5.41, 5.74) is 3.64. The summed E-state index contributed by atoms with van der Waals surface area (Å²) in [5, 5.41) is 11.2. The van der Waals surface area contributed by atoms with Gasteiger partial charge in [0, 0.05) is 0 Å². The lowest BCUT2D eigenvalue weighted by atomic mass is 9.87. The van der Waals surface area contributed by atoms with Crippen LogP contribution in [0.4, 0.5) is 0 Å². The monoisotopic (exact) mass is 282 g/mol. The van der Waals surface area contributed by atoms with Crippen LogP contribution in [0.15, 0.2) is 42.5 Å². The Balaban J connectivity index is 1.99. The Hall–Kier alpha value is -1.80. The zero-order valence-corrected chi connectivity index (χ0v) is 12.7. The van der Waals surface area contributed by atoms with Crippen molar-refractivity contribution in [2.75, 3.05) is 7.11 Å². The van der Waals surface area contributed by atoms with E-state index in [2.05, 4.69) is 37.3 Å². The number of rotatable bonds is 4. The van der Waals surface area contributed by atoms with Crippen molar-refractivity contribution in [2.24, 2.45) is 0 Å². The normalized spacial score (nSPS) is 20.3. The molecule has 1 aliphatic rings. The van der Waals surface area contributed by atoms with Gasteiger partial charge in [-0.3, -0.25) is 0 Å². The number of aryl methyl sites for hydroxylation is 2. The van der Waals surface area contributed by atoms with Crippen molar-refractivity contribution in [3.63, 3.8) is 0 Å². The molecule has 2 heteroatoms. The molecular formula is C19H22O2. The summed E-state index contributed by atoms with van der Waals surface area (Å²) in [4.78, 5) is 0. The first kappa shape index (κ1) is 14.2. The Morgan fingerprint density at radius 1 is 1.14 bits per heavy atom. The molecule has 21 heavy (non-hydrogen) atoms. The molecule has 0 bridgehead atoms. The highest BCUT2D eigenvalue weighted by Gasteiger charge is 2.38. The quantitative estimate of drug-likeness (QED) is 0.923. The van der Waals surface area contributed by atoms with E-state index < -0.39 is 5.60 Å². The van der Waals surface area contributed by atoms with Gasteiger partial charge in [0.1, 0.15) is 11.4 Å². The Kier molecular flexibility index (Phi) is 3.73. The van der Waals surface area contributed by atoms with Crippen molar-refractivity contribution in [1.82, 2.24) is 0 Å². The van der Waals surface area contributed by atoms with Gasteiger partial charge in [0.2, 0.25) is 0 Å². The fourth-order valence-corrected chi connectivity index (χ4v) is 3.27. The van der Waals surface area contributed by atoms with Gasteiger partial charge in [-0.2, -0.15) is 0 Å². The number of hydrogen-bond acceptors (Lipinski definition) is 2. The lowest BCUT2D eigenvalue weighted by molar-refractivity contribution is 0.0827. The van der Waals surface area contributed by atoms with Gasteiger partial charge in [-0.05, 0) is 53.6 Å². The van der Waals surface area contributed by atoms with Gasteiger partial charge in [0.25, 0.3) is 0 Å². The van der Waals surface area contributed by atoms with Crippen molar-refractivity contribution in [3.05, 3.63) is 64.7 Å². The number of methoxy groups -OCH3 is 1. The van der Waals surface area contributed by atoms with Gasteiger partial charge in [-0.1, -0.05) is 43.7 Å². The first-order valence-electron chi connectivity index (χ1n) is 7.66. The number of fused-ring (bicyclic) bond motifs is 1. The zero-order chi connectivity index (χ0) is 14.9. The van der Waals surface area contributed by atoms with E-state index in [9.17, 15) is 5.11 Å². The van der Waals surface area contributed by atoms with Crippen LogP contribution in [0.3, 0.4) is 0 Å². The molecule has 0 saturated heterocycles. The van der Waals surface area contributed by atoms with Gasteiger partial charge >= 0.3 is 0 Å². The van der Waals surface area contributed by atoms with Crippen molar-refractivity contribution in [1.29, 1.82) is 0 Å². The predicted molar refractivity (Wildman–Crippen MR) is 84.8 cm³/mol. The number of hydrogen-bond donors (Lipinski definition) is 1. The average molecular weight is 282 g/mol. The minimum Gasteiger partial charge on any atom is -0.497 e. The van der Waals surface area contributed by atoms with E-state index in [1.54, 1.807) is 7.11 Å². The molecule has 0 aromatic heterocycles. The summed E-state index contributed by atoms with van der Waals surface area (Å²) in [6.45, 7) is 2.18. The van der Waals surface area contributed by atoms with E-state index in [0.29, 0.717) is 0 Å². The highest BCUT2D eigenvalue weighted by atomic mass is 16.5. The van der Waals surface area contributed by atoms with Gasteiger partial charge < -0.3 is 9.84 Å². The Morgan fingerprint density at radius 3 is 2.57 bits per heavy atom. The highest BCUT2D eigenvalue weighted by Crippen LogP contribution is 2.43. The third kappa shape index (κ3) is 2.44. The Morgan fingerprint density at radius 2 is 1.90 bits per heavy atom. The summed E-state index contributed by atoms with van der Waals surface area (Å²) < 4.78 is 5.31. The largest absolute Gasteiger partial charge is 0.497 e. The summed E-state index contributed by atoms with van der Waals surface area (Å²) >= 11 is 0. The van der Waals surface area contributed by atoms with Crippen LogP contribution in [0, 0.1) is 0 Å². The minimum absolute atomic E-state index is 0.739. The first-order chi connectivity index (χ1) is 10.2. The van der Waals surface area contributed by atoms with Crippen LogP contribution < -0.4 is 4.74 Å². The lowest BCUT2D eigenvalue weighted by Gasteiger charge is -2.25. The molecule has 2 nitrogen and oxygen atoms in total. The van der Waals surface area contributed by atoms with Gasteiger partial charge in [0.05, 0.1) is 7.11 Å². The molecule has 0 radical (unpaired) electrons. The van der Waals surface area contributed by atoms with Crippen LogP contribution >= 0.6 is 0 Å². The standard InChI is InChI=1S/C19H22O2/c1-3-4-14-5-8-16(9-6-14)19(20)12-11-15-7-10-17(21-2)13-18(15)19/h5-10,13,20H,3-4,11-12H2,1-2H3. The Bertz CT molecular complexity index is 631. The van der Waals surface area contributed by atoms with Gasteiger partial charge in [-0.25, -0.2) is 0 Å². The lowest BCUT2D eigenvalue weighted by Crippen LogP contribution is -2.23. The topological polar surface area (TPSA) is 29.5 Å². The molecule has 0 saturated carbocycles. The van der Waals surface area contributed by atoms with Crippen LogP contribution in [-0.2, 0) is 18.4 Å². The smallest absolute Gasteiger partial charge is 0.119 e. The first-order valence-corrected chi connectivity index (χ1v) is 7.66. The highest BCUT2D eigenvalue weighted by molar-refractivity contribution is 5.48. The van der Waals surface area contributed by atoms with E-state index in [-0.39, 0.29) is 0 Å². The molecule has 3 rings (SSSR count). The molecular weight excluding hydrogens is 260 g/mol. The Labute approximate surface area is 126 Å². The molecule has 0 fully saturated rings. The molecule has 0 spiro atoms. The maximum Gasteiger partial charge on any atom is 0.119 e. The fraction of sp³-hybridized carbons (Fsp3) is 0.368. The third-order valence-electron chi connectivity index (χ3n) is 4.49. The number of ether oxygens (including phenoxy) is 1. The summed E-state index contributed by atoms with van der Waals surface area (Å²) in [6, 6.07) is 14.4. The van der Waals surface area contributed by atoms with E-state index in [1.165, 1.54) is 11.1 Å². The second-order valence-corrected chi connectivity index (χ2v) is 5.83. The molecule has 0 heterocycles. The molecule has 1 aliphatic carbocycles. The van der Waals surface area contributed by atoms with Gasteiger partial charge in [-0.15, -0.1) is 0 Å². The summed E-state index contributed by atoms with van der Waals surface area (Å²) in [7, 11) is 1.66. The van der Waals surface area contributed by atoms with Crippen molar-refractivity contribution in [2.45, 2.75) is 38.2 Å². The molecule has 2 aromatic carbocycles. The van der Waals surface area contributed by atoms with Crippen LogP contribution in [0.5, 0.6) is 5.75 Å². The molecule has 0 amide bonds. The minimum atomic E-state index is -0.880. The molecule has 2 aromatic rings. The molecule has 1 N–H and O–H groups in total. The van der Waals surface area contributed by atoms with E-state index in [0.717, 1.165) is 42.6 Å². The van der Waals surface area contributed by atoms with Crippen molar-refractivity contribution >= 4 is 0 Å².